The summed E-state index contributed by atoms with van der Waals surface area (Å²) in [5.41, 5.74) is 1.59. The van der Waals surface area contributed by atoms with E-state index in [1.165, 1.54) is 0 Å². The number of benzene rings is 1. The molecule has 1 aromatic carbocycles. The van der Waals surface area contributed by atoms with E-state index in [9.17, 15) is 0 Å². The van der Waals surface area contributed by atoms with Crippen LogP contribution in [0, 0.1) is 11.3 Å². The van der Waals surface area contributed by atoms with Gasteiger partial charge in [0.25, 0.3) is 0 Å². The highest BCUT2D eigenvalue weighted by Crippen LogP contribution is 2.22. The van der Waals surface area contributed by atoms with Crippen LogP contribution in [0.5, 0.6) is 0 Å². The van der Waals surface area contributed by atoms with Crippen molar-refractivity contribution in [2.75, 3.05) is 5.32 Å². The molecule has 0 bridgehead atoms. The molecule has 3 nitrogen and oxygen atoms in total. The van der Waals surface area contributed by atoms with Gasteiger partial charge in [0.05, 0.1) is 11.6 Å². The third-order valence-electron chi connectivity index (χ3n) is 2.63. The summed E-state index contributed by atoms with van der Waals surface area (Å²) < 4.78 is 0. The lowest BCUT2D eigenvalue weighted by molar-refractivity contribution is 0.873. The minimum atomic E-state index is 0.0331. The van der Waals surface area contributed by atoms with Crippen molar-refractivity contribution in [1.29, 1.82) is 5.26 Å². The minimum Gasteiger partial charge on any atom is -0.362 e. The Bertz CT molecular complexity index is 590. The van der Waals surface area contributed by atoms with Gasteiger partial charge in [-0.15, -0.1) is 0 Å². The molecule has 0 aliphatic carbocycles. The average molecular weight is 258 g/mol. The number of nitriles is 1. The van der Waals surface area contributed by atoms with Gasteiger partial charge in [0.1, 0.15) is 11.9 Å². The Balaban J connectivity index is 2.22. The largest absolute Gasteiger partial charge is 0.362 e. The van der Waals surface area contributed by atoms with Gasteiger partial charge in [-0.25, -0.2) is 4.98 Å². The number of hydrogen-bond donors (Lipinski definition) is 1. The van der Waals surface area contributed by atoms with Crippen LogP contribution in [-0.4, -0.2) is 4.98 Å². The normalized spacial score (nSPS) is 11.6. The second kappa shape index (κ2) is 5.52. The number of pyridine rings is 1. The monoisotopic (exact) mass is 257 g/mol. The summed E-state index contributed by atoms with van der Waals surface area (Å²) >= 11 is 5.95. The predicted octanol–water partition coefficient (Wildman–Crippen LogP) is 3.78. The fourth-order valence-corrected chi connectivity index (χ4v) is 1.87. The second-order valence-electron chi connectivity index (χ2n) is 3.93. The molecule has 1 heterocycles. The summed E-state index contributed by atoms with van der Waals surface area (Å²) in [4.78, 5) is 4.17. The van der Waals surface area contributed by atoms with Crippen LogP contribution >= 0.6 is 11.6 Å². The summed E-state index contributed by atoms with van der Waals surface area (Å²) in [6, 6.07) is 13.2. The fraction of sp³-hybridized carbons (Fsp3) is 0.143. The average Bonchev–Trinajstić information content (AvgIpc) is 2.39. The SMILES string of the molecule is C[C@@H](Nc1ncccc1C#N)c1cccc(Cl)c1. The van der Waals surface area contributed by atoms with Gasteiger partial charge in [-0.1, -0.05) is 23.7 Å². The summed E-state index contributed by atoms with van der Waals surface area (Å²) in [5, 5.41) is 12.9. The fourth-order valence-electron chi connectivity index (χ4n) is 1.67. The van der Waals surface area contributed by atoms with Crippen molar-refractivity contribution in [3.63, 3.8) is 0 Å². The number of rotatable bonds is 3. The van der Waals surface area contributed by atoms with Crippen LogP contribution in [0.4, 0.5) is 5.82 Å². The summed E-state index contributed by atoms with van der Waals surface area (Å²) in [7, 11) is 0. The van der Waals surface area contributed by atoms with Crippen molar-refractivity contribution >= 4 is 17.4 Å². The Kier molecular flexibility index (Phi) is 3.81. The molecule has 1 aromatic heterocycles. The van der Waals surface area contributed by atoms with Gasteiger partial charge in [0.15, 0.2) is 0 Å². The molecule has 2 aromatic rings. The first-order chi connectivity index (χ1) is 8.70. The maximum Gasteiger partial charge on any atom is 0.144 e. The van der Waals surface area contributed by atoms with Crippen molar-refractivity contribution in [2.45, 2.75) is 13.0 Å². The van der Waals surface area contributed by atoms with Crippen molar-refractivity contribution in [3.8, 4) is 6.07 Å². The van der Waals surface area contributed by atoms with Gasteiger partial charge in [0, 0.05) is 11.2 Å². The highest BCUT2D eigenvalue weighted by Gasteiger charge is 2.09. The summed E-state index contributed by atoms with van der Waals surface area (Å²) in [5.74, 6) is 0.590. The third-order valence-corrected chi connectivity index (χ3v) is 2.87. The molecule has 0 amide bonds. The van der Waals surface area contributed by atoms with Crippen LogP contribution in [0.1, 0.15) is 24.1 Å². The second-order valence-corrected chi connectivity index (χ2v) is 4.37. The molecule has 0 saturated heterocycles. The van der Waals surface area contributed by atoms with Crippen LogP contribution in [0.2, 0.25) is 5.02 Å². The van der Waals surface area contributed by atoms with Gasteiger partial charge in [-0.3, -0.25) is 0 Å². The summed E-state index contributed by atoms with van der Waals surface area (Å²) in [6.45, 7) is 2.00. The number of anilines is 1. The minimum absolute atomic E-state index is 0.0331. The molecule has 0 unspecified atom stereocenters. The topological polar surface area (TPSA) is 48.7 Å². The first-order valence-corrected chi connectivity index (χ1v) is 5.95. The lowest BCUT2D eigenvalue weighted by Crippen LogP contribution is -2.09. The standard InChI is InChI=1S/C14H12ClN3/c1-10(11-4-2-6-13(15)8-11)18-14-12(9-16)5-3-7-17-14/h2-8,10H,1H3,(H,17,18)/t10-/m1/s1. The van der Waals surface area contributed by atoms with Crippen LogP contribution in [0.3, 0.4) is 0 Å². The number of aromatic nitrogens is 1. The van der Waals surface area contributed by atoms with E-state index >= 15 is 0 Å². The Hall–Kier alpha value is -2.05. The van der Waals surface area contributed by atoms with Crippen molar-refractivity contribution in [3.05, 3.63) is 58.7 Å². The number of hydrogen-bond acceptors (Lipinski definition) is 3. The van der Waals surface area contributed by atoms with E-state index in [4.69, 9.17) is 16.9 Å². The Morgan fingerprint density at radius 1 is 1.33 bits per heavy atom. The maximum atomic E-state index is 8.99. The quantitative estimate of drug-likeness (QED) is 0.910. The molecule has 2 rings (SSSR count). The molecule has 0 aliphatic rings. The molecular formula is C14H12ClN3. The zero-order chi connectivity index (χ0) is 13.0. The highest BCUT2D eigenvalue weighted by atomic mass is 35.5. The first kappa shape index (κ1) is 12.4. The molecule has 0 saturated carbocycles. The van der Waals surface area contributed by atoms with Crippen molar-refractivity contribution in [2.24, 2.45) is 0 Å². The molecule has 1 atom stereocenters. The van der Waals surface area contributed by atoms with Crippen LogP contribution in [-0.2, 0) is 0 Å². The maximum absolute atomic E-state index is 8.99. The highest BCUT2D eigenvalue weighted by molar-refractivity contribution is 6.30. The zero-order valence-electron chi connectivity index (χ0n) is 9.89. The molecule has 0 spiro atoms. The zero-order valence-corrected chi connectivity index (χ0v) is 10.6. The van der Waals surface area contributed by atoms with Crippen LogP contribution < -0.4 is 5.32 Å². The summed E-state index contributed by atoms with van der Waals surface area (Å²) in [6.07, 6.45) is 1.66. The van der Waals surface area contributed by atoms with E-state index in [0.29, 0.717) is 16.4 Å². The number of halogens is 1. The molecule has 18 heavy (non-hydrogen) atoms. The molecular weight excluding hydrogens is 246 g/mol. The molecule has 0 aliphatic heterocycles. The molecule has 0 fully saturated rings. The van der Waals surface area contributed by atoms with E-state index in [1.54, 1.807) is 18.3 Å². The Morgan fingerprint density at radius 3 is 2.89 bits per heavy atom. The van der Waals surface area contributed by atoms with E-state index in [2.05, 4.69) is 16.4 Å². The van der Waals surface area contributed by atoms with Gasteiger partial charge in [0.2, 0.25) is 0 Å². The third kappa shape index (κ3) is 2.79. The Morgan fingerprint density at radius 2 is 2.17 bits per heavy atom. The number of nitrogens with one attached hydrogen (secondary N) is 1. The molecule has 1 N–H and O–H groups in total. The van der Waals surface area contributed by atoms with Crippen LogP contribution in [0.15, 0.2) is 42.6 Å². The smallest absolute Gasteiger partial charge is 0.144 e. The lowest BCUT2D eigenvalue weighted by atomic mass is 10.1. The van der Waals surface area contributed by atoms with Gasteiger partial charge >= 0.3 is 0 Å². The van der Waals surface area contributed by atoms with Crippen LogP contribution in [0.25, 0.3) is 0 Å². The van der Waals surface area contributed by atoms with Gasteiger partial charge in [-0.2, -0.15) is 5.26 Å². The van der Waals surface area contributed by atoms with E-state index in [-0.39, 0.29) is 6.04 Å². The van der Waals surface area contributed by atoms with E-state index < -0.39 is 0 Å². The van der Waals surface area contributed by atoms with Gasteiger partial charge in [-0.05, 0) is 36.8 Å². The predicted molar refractivity (Wildman–Crippen MR) is 72.4 cm³/mol. The molecule has 90 valence electrons. The van der Waals surface area contributed by atoms with Gasteiger partial charge < -0.3 is 5.32 Å². The van der Waals surface area contributed by atoms with E-state index in [1.807, 2.05) is 31.2 Å². The lowest BCUT2D eigenvalue weighted by Gasteiger charge is -2.15. The first-order valence-electron chi connectivity index (χ1n) is 5.58. The molecule has 4 heteroatoms. The Labute approximate surface area is 111 Å². The number of nitrogens with zero attached hydrogens (tertiary/aromatic N) is 2. The van der Waals surface area contributed by atoms with Crippen molar-refractivity contribution in [1.82, 2.24) is 4.98 Å². The van der Waals surface area contributed by atoms with E-state index in [0.717, 1.165) is 5.56 Å². The molecule has 0 radical (unpaired) electrons. The van der Waals surface area contributed by atoms with Crippen molar-refractivity contribution < 1.29 is 0 Å².